The number of hydrogen-bond acceptors (Lipinski definition) is 3. The van der Waals surface area contributed by atoms with Crippen molar-refractivity contribution in [2.24, 2.45) is 5.92 Å². The van der Waals surface area contributed by atoms with Crippen LogP contribution in [0.25, 0.3) is 0 Å². The van der Waals surface area contributed by atoms with Crippen LogP contribution in [0.15, 0.2) is 73.3 Å². The Labute approximate surface area is 148 Å². The van der Waals surface area contributed by atoms with E-state index in [-0.39, 0.29) is 28.8 Å². The van der Waals surface area contributed by atoms with Gasteiger partial charge < -0.3 is 5.32 Å². The van der Waals surface area contributed by atoms with E-state index in [2.05, 4.69) is 18.8 Å². The highest BCUT2D eigenvalue weighted by Crippen LogP contribution is 2.42. The fourth-order valence-corrected chi connectivity index (χ4v) is 4.09. The molecule has 25 heavy (non-hydrogen) atoms. The molecule has 1 heterocycles. The molecule has 130 valence electrons. The molecule has 2 aromatic carbocycles. The van der Waals surface area contributed by atoms with Crippen LogP contribution in [0, 0.1) is 16.0 Å². The van der Waals surface area contributed by atoms with Gasteiger partial charge in [0.2, 0.25) is 6.04 Å². The predicted octanol–water partition coefficient (Wildman–Crippen LogP) is 4.34. The average molecular weight is 336 g/mol. The lowest BCUT2D eigenvalue weighted by Crippen LogP contribution is -2.55. The lowest BCUT2D eigenvalue weighted by atomic mass is 9.70. The molecule has 4 nitrogen and oxygen atoms in total. The van der Waals surface area contributed by atoms with Crippen molar-refractivity contribution in [1.82, 2.24) is 5.32 Å². The van der Waals surface area contributed by atoms with E-state index < -0.39 is 6.04 Å². The quantitative estimate of drug-likeness (QED) is 0.502. The van der Waals surface area contributed by atoms with Gasteiger partial charge >= 0.3 is 0 Å². The molecule has 0 amide bonds. The van der Waals surface area contributed by atoms with Crippen LogP contribution in [0.2, 0.25) is 0 Å². The van der Waals surface area contributed by atoms with Crippen LogP contribution in [0.1, 0.15) is 36.4 Å². The van der Waals surface area contributed by atoms with Crippen molar-refractivity contribution in [3.63, 3.8) is 0 Å². The molecular formula is C21H24N2O2. The number of nitrogens with one attached hydrogen (secondary N) is 1. The molecule has 0 spiro atoms. The topological polar surface area (TPSA) is 55.2 Å². The Hall–Kier alpha value is -2.46. The molecular weight excluding hydrogens is 312 g/mol. The van der Waals surface area contributed by atoms with Crippen molar-refractivity contribution in [3.05, 3.63) is 94.6 Å². The first kappa shape index (κ1) is 17.4. The Morgan fingerprint density at radius 2 is 1.64 bits per heavy atom. The van der Waals surface area contributed by atoms with Crippen molar-refractivity contribution in [2.75, 3.05) is 0 Å². The predicted molar refractivity (Wildman–Crippen MR) is 100 cm³/mol. The molecule has 0 radical (unpaired) electrons. The molecule has 1 aliphatic heterocycles. The van der Waals surface area contributed by atoms with Crippen LogP contribution in [-0.4, -0.2) is 17.0 Å². The summed E-state index contributed by atoms with van der Waals surface area (Å²) in [5.74, 6) is -0.0108. The normalized spacial score (nSPS) is 29.1. The summed E-state index contributed by atoms with van der Waals surface area (Å²) in [6, 6.07) is 18.8. The minimum Gasteiger partial charge on any atom is -0.301 e. The van der Waals surface area contributed by atoms with Gasteiger partial charge in [-0.05, 0) is 23.5 Å². The van der Waals surface area contributed by atoms with Crippen LogP contribution in [0.4, 0.5) is 0 Å². The Bertz CT molecular complexity index is 717. The Balaban J connectivity index is 2.08. The SMILES string of the molecule is C=CC[C@H]1N[C@H](c2ccccc2)[C@@H]([N+](=O)[O-])[C@H](c2ccccc2)[C@H]1C. The molecule has 4 heteroatoms. The third-order valence-electron chi connectivity index (χ3n) is 5.31. The molecule has 2 aromatic rings. The maximum Gasteiger partial charge on any atom is 0.239 e. The summed E-state index contributed by atoms with van der Waals surface area (Å²) in [6.45, 7) is 5.97. The Morgan fingerprint density at radius 1 is 1.08 bits per heavy atom. The number of nitrogens with zero attached hydrogens (tertiary/aromatic N) is 1. The summed E-state index contributed by atoms with van der Waals surface area (Å²) < 4.78 is 0. The minimum atomic E-state index is -0.708. The molecule has 0 aliphatic carbocycles. The number of benzene rings is 2. The van der Waals surface area contributed by atoms with E-state index in [4.69, 9.17) is 0 Å². The Kier molecular flexibility index (Phi) is 5.29. The second-order valence-corrected chi connectivity index (χ2v) is 6.76. The zero-order valence-electron chi connectivity index (χ0n) is 14.4. The molecule has 1 N–H and O–H groups in total. The van der Waals surface area contributed by atoms with Gasteiger partial charge in [0.15, 0.2) is 0 Å². The maximum atomic E-state index is 12.1. The highest BCUT2D eigenvalue weighted by molar-refractivity contribution is 5.29. The molecule has 0 saturated carbocycles. The van der Waals surface area contributed by atoms with Crippen molar-refractivity contribution in [3.8, 4) is 0 Å². The molecule has 1 fully saturated rings. The third-order valence-corrected chi connectivity index (χ3v) is 5.31. The molecule has 3 rings (SSSR count). The summed E-state index contributed by atoms with van der Waals surface area (Å²) >= 11 is 0. The lowest BCUT2D eigenvalue weighted by Gasteiger charge is -2.43. The molecule has 1 aliphatic rings. The number of hydrogen-bond donors (Lipinski definition) is 1. The number of rotatable bonds is 5. The van der Waals surface area contributed by atoms with Gasteiger partial charge in [0.05, 0.1) is 5.92 Å². The van der Waals surface area contributed by atoms with E-state index in [9.17, 15) is 10.1 Å². The largest absolute Gasteiger partial charge is 0.301 e. The third kappa shape index (κ3) is 3.49. The van der Waals surface area contributed by atoms with E-state index in [0.717, 1.165) is 17.5 Å². The van der Waals surface area contributed by atoms with Crippen molar-refractivity contribution >= 4 is 0 Å². The highest BCUT2D eigenvalue weighted by atomic mass is 16.6. The standard InChI is InChI=1S/C21H24N2O2/c1-3-10-18-15(2)19(16-11-6-4-7-12-16)21(23(24)25)20(22-18)17-13-8-5-9-14-17/h3-9,11-15,18-22H,1,10H2,2H3/t15-,18+,19-,20+,21-/m0/s1. The van der Waals surface area contributed by atoms with Gasteiger partial charge in [-0.1, -0.05) is 73.7 Å². The molecule has 0 unspecified atom stereocenters. The second kappa shape index (κ2) is 7.62. The average Bonchev–Trinajstić information content (AvgIpc) is 2.64. The van der Waals surface area contributed by atoms with E-state index >= 15 is 0 Å². The van der Waals surface area contributed by atoms with Crippen molar-refractivity contribution in [2.45, 2.75) is 37.4 Å². The first-order valence-corrected chi connectivity index (χ1v) is 8.73. The molecule has 1 saturated heterocycles. The van der Waals surface area contributed by atoms with Crippen molar-refractivity contribution < 1.29 is 4.92 Å². The lowest BCUT2D eigenvalue weighted by molar-refractivity contribution is -0.537. The molecule has 0 bridgehead atoms. The fourth-order valence-electron chi connectivity index (χ4n) is 4.09. The summed E-state index contributed by atoms with van der Waals surface area (Å²) in [5, 5.41) is 15.6. The summed E-state index contributed by atoms with van der Waals surface area (Å²) in [4.78, 5) is 12.0. The first-order chi connectivity index (χ1) is 12.1. The van der Waals surface area contributed by atoms with Gasteiger partial charge in [-0.25, -0.2) is 0 Å². The zero-order valence-corrected chi connectivity index (χ0v) is 14.4. The highest BCUT2D eigenvalue weighted by Gasteiger charge is 2.50. The first-order valence-electron chi connectivity index (χ1n) is 8.73. The summed E-state index contributed by atoms with van der Waals surface area (Å²) in [6.07, 6.45) is 2.68. The van der Waals surface area contributed by atoms with Crippen LogP contribution >= 0.6 is 0 Å². The second-order valence-electron chi connectivity index (χ2n) is 6.76. The summed E-state index contributed by atoms with van der Waals surface area (Å²) in [7, 11) is 0. The molecule has 0 aromatic heterocycles. The Morgan fingerprint density at radius 3 is 2.16 bits per heavy atom. The molecule has 5 atom stereocenters. The maximum absolute atomic E-state index is 12.1. The zero-order chi connectivity index (χ0) is 17.8. The summed E-state index contributed by atoms with van der Waals surface area (Å²) in [5.41, 5.74) is 2.00. The monoisotopic (exact) mass is 336 g/mol. The van der Waals surface area contributed by atoms with Gasteiger partial charge in [-0.3, -0.25) is 10.1 Å². The van der Waals surface area contributed by atoms with Crippen LogP contribution in [0.5, 0.6) is 0 Å². The smallest absolute Gasteiger partial charge is 0.239 e. The van der Waals surface area contributed by atoms with Gasteiger partial charge in [0.1, 0.15) is 6.04 Å². The number of piperidine rings is 1. The van der Waals surface area contributed by atoms with Gasteiger partial charge in [-0.2, -0.15) is 0 Å². The number of nitro groups is 1. The van der Waals surface area contributed by atoms with Gasteiger partial charge in [0, 0.05) is 11.0 Å². The van der Waals surface area contributed by atoms with E-state index in [1.165, 1.54) is 0 Å². The van der Waals surface area contributed by atoms with Crippen LogP contribution in [-0.2, 0) is 0 Å². The van der Waals surface area contributed by atoms with E-state index in [1.807, 2.05) is 66.7 Å². The minimum absolute atomic E-state index is 0.108. The van der Waals surface area contributed by atoms with E-state index in [1.54, 1.807) is 0 Å². The van der Waals surface area contributed by atoms with Crippen LogP contribution in [0.3, 0.4) is 0 Å². The van der Waals surface area contributed by atoms with Crippen molar-refractivity contribution in [1.29, 1.82) is 0 Å². The van der Waals surface area contributed by atoms with Gasteiger partial charge in [0.25, 0.3) is 0 Å². The van der Waals surface area contributed by atoms with Gasteiger partial charge in [-0.15, -0.1) is 6.58 Å². The fraction of sp³-hybridized carbons (Fsp3) is 0.333. The van der Waals surface area contributed by atoms with E-state index in [0.29, 0.717) is 0 Å². The van der Waals surface area contributed by atoms with Crippen LogP contribution < -0.4 is 5.32 Å².